The van der Waals surface area contributed by atoms with Crippen LogP contribution in [0.15, 0.2) is 0 Å². The Hall–Kier alpha value is -0.120. The van der Waals surface area contributed by atoms with Gasteiger partial charge in [-0.25, -0.2) is 0 Å². The summed E-state index contributed by atoms with van der Waals surface area (Å²) in [4.78, 5) is 0. The molecule has 0 bridgehead atoms. The van der Waals surface area contributed by atoms with Gasteiger partial charge in [-0.2, -0.15) is 0 Å². The molecule has 0 unspecified atom stereocenters. The van der Waals surface area contributed by atoms with Crippen LogP contribution in [0.5, 0.6) is 0 Å². The summed E-state index contributed by atoms with van der Waals surface area (Å²) >= 11 is 0. The third-order valence-electron chi connectivity index (χ3n) is 4.57. The molecule has 96 valence electrons. The molecule has 0 saturated heterocycles. The van der Waals surface area contributed by atoms with Crippen LogP contribution in [-0.2, 0) is 0 Å². The lowest BCUT2D eigenvalue weighted by molar-refractivity contribution is -0.172. The van der Waals surface area contributed by atoms with Crippen molar-refractivity contribution < 1.29 is 15.3 Å². The van der Waals surface area contributed by atoms with Gasteiger partial charge in [0.25, 0.3) is 0 Å². The second-order valence-corrected chi connectivity index (χ2v) is 5.84. The first kappa shape index (κ1) is 13.9. The highest BCUT2D eigenvalue weighted by atomic mass is 16.3. The molecule has 1 aliphatic rings. The van der Waals surface area contributed by atoms with Crippen LogP contribution >= 0.6 is 0 Å². The minimum Gasteiger partial charge on any atom is -0.396 e. The molecule has 16 heavy (non-hydrogen) atoms. The van der Waals surface area contributed by atoms with Crippen LogP contribution in [0.4, 0.5) is 0 Å². The first-order chi connectivity index (χ1) is 7.36. The van der Waals surface area contributed by atoms with Crippen LogP contribution in [0, 0.1) is 11.3 Å². The first-order valence-electron chi connectivity index (χ1n) is 6.37. The van der Waals surface area contributed by atoms with Crippen LogP contribution in [-0.4, -0.2) is 33.6 Å². The Labute approximate surface area is 98.5 Å². The van der Waals surface area contributed by atoms with Crippen molar-refractivity contribution in [3.05, 3.63) is 0 Å². The fourth-order valence-electron chi connectivity index (χ4n) is 2.91. The van der Waals surface area contributed by atoms with Gasteiger partial charge < -0.3 is 15.3 Å². The molecule has 0 aliphatic heterocycles. The minimum absolute atomic E-state index is 0.0351. The van der Waals surface area contributed by atoms with Crippen molar-refractivity contribution in [1.82, 2.24) is 0 Å². The molecule has 3 atom stereocenters. The van der Waals surface area contributed by atoms with Gasteiger partial charge in [0.15, 0.2) is 0 Å². The standard InChI is InChI=1S/C13H26O3/c1-10(9-14)13(16)8-6-4-5-7-11(15)12(13,2)3/h10-11,14-16H,4-9H2,1-3H3/t10-,11-,13+/m0/s1. The van der Waals surface area contributed by atoms with Gasteiger partial charge in [-0.15, -0.1) is 0 Å². The molecule has 0 spiro atoms. The van der Waals surface area contributed by atoms with Crippen molar-refractivity contribution in [1.29, 1.82) is 0 Å². The number of aliphatic hydroxyl groups is 3. The lowest BCUT2D eigenvalue weighted by Crippen LogP contribution is -2.56. The average molecular weight is 230 g/mol. The zero-order chi connectivity index (χ0) is 12.4. The zero-order valence-corrected chi connectivity index (χ0v) is 10.7. The van der Waals surface area contributed by atoms with E-state index in [-0.39, 0.29) is 12.5 Å². The van der Waals surface area contributed by atoms with Crippen LogP contribution < -0.4 is 0 Å². The molecular weight excluding hydrogens is 204 g/mol. The normalized spacial score (nSPS) is 37.5. The Kier molecular flexibility index (Phi) is 4.38. The van der Waals surface area contributed by atoms with Crippen molar-refractivity contribution in [2.45, 2.75) is 64.6 Å². The number of aliphatic hydroxyl groups excluding tert-OH is 2. The summed E-state index contributed by atoms with van der Waals surface area (Å²) in [6.45, 7) is 5.65. The largest absolute Gasteiger partial charge is 0.396 e. The van der Waals surface area contributed by atoms with Crippen molar-refractivity contribution >= 4 is 0 Å². The summed E-state index contributed by atoms with van der Waals surface area (Å²) in [6, 6.07) is 0. The van der Waals surface area contributed by atoms with E-state index in [1.165, 1.54) is 0 Å². The lowest BCUT2D eigenvalue weighted by Gasteiger charge is -2.50. The summed E-state index contributed by atoms with van der Waals surface area (Å²) in [6.07, 6.45) is 3.96. The van der Waals surface area contributed by atoms with Crippen molar-refractivity contribution in [2.75, 3.05) is 6.61 Å². The smallest absolute Gasteiger partial charge is 0.0770 e. The summed E-state index contributed by atoms with van der Waals surface area (Å²) < 4.78 is 0. The molecule has 0 amide bonds. The van der Waals surface area contributed by atoms with Crippen LogP contribution in [0.25, 0.3) is 0 Å². The van der Waals surface area contributed by atoms with Gasteiger partial charge in [0.05, 0.1) is 11.7 Å². The van der Waals surface area contributed by atoms with Gasteiger partial charge in [0, 0.05) is 17.9 Å². The highest BCUT2D eigenvalue weighted by Gasteiger charge is 2.50. The Balaban J connectivity index is 2.99. The maximum absolute atomic E-state index is 10.8. The van der Waals surface area contributed by atoms with Gasteiger partial charge in [-0.3, -0.25) is 0 Å². The molecule has 0 radical (unpaired) electrons. The predicted molar refractivity (Wildman–Crippen MR) is 64.1 cm³/mol. The molecule has 0 aromatic carbocycles. The number of hydrogen-bond acceptors (Lipinski definition) is 3. The second kappa shape index (κ2) is 5.03. The quantitative estimate of drug-likeness (QED) is 0.676. The maximum atomic E-state index is 10.8. The molecule has 1 aliphatic carbocycles. The average Bonchev–Trinajstić information content (AvgIpc) is 2.25. The molecule has 0 aromatic rings. The topological polar surface area (TPSA) is 60.7 Å². The lowest BCUT2D eigenvalue weighted by atomic mass is 9.61. The summed E-state index contributed by atoms with van der Waals surface area (Å²) in [5.74, 6) is -0.199. The van der Waals surface area contributed by atoms with E-state index in [0.717, 1.165) is 25.7 Å². The summed E-state index contributed by atoms with van der Waals surface area (Å²) in [7, 11) is 0. The van der Waals surface area contributed by atoms with E-state index >= 15 is 0 Å². The molecule has 0 heterocycles. The van der Waals surface area contributed by atoms with E-state index in [1.807, 2.05) is 20.8 Å². The third-order valence-corrected chi connectivity index (χ3v) is 4.57. The Morgan fingerprint density at radius 2 is 1.88 bits per heavy atom. The van der Waals surface area contributed by atoms with Gasteiger partial charge in [0.2, 0.25) is 0 Å². The van der Waals surface area contributed by atoms with Crippen LogP contribution in [0.2, 0.25) is 0 Å². The Morgan fingerprint density at radius 1 is 1.25 bits per heavy atom. The first-order valence-corrected chi connectivity index (χ1v) is 6.37. The van der Waals surface area contributed by atoms with Gasteiger partial charge in [-0.1, -0.05) is 40.0 Å². The molecule has 1 saturated carbocycles. The van der Waals surface area contributed by atoms with Crippen LogP contribution in [0.3, 0.4) is 0 Å². The fourth-order valence-corrected chi connectivity index (χ4v) is 2.91. The maximum Gasteiger partial charge on any atom is 0.0770 e. The molecule has 3 N–H and O–H groups in total. The fraction of sp³-hybridized carbons (Fsp3) is 1.00. The third kappa shape index (κ3) is 2.27. The number of hydrogen-bond donors (Lipinski definition) is 3. The number of rotatable bonds is 2. The van der Waals surface area contributed by atoms with E-state index in [0.29, 0.717) is 6.42 Å². The summed E-state index contributed by atoms with van der Waals surface area (Å²) in [5.41, 5.74) is -1.53. The van der Waals surface area contributed by atoms with E-state index < -0.39 is 17.1 Å². The van der Waals surface area contributed by atoms with E-state index in [2.05, 4.69) is 0 Å². The van der Waals surface area contributed by atoms with Crippen molar-refractivity contribution in [3.63, 3.8) is 0 Å². The van der Waals surface area contributed by atoms with E-state index in [1.54, 1.807) is 0 Å². The predicted octanol–water partition coefficient (Wildman–Crippen LogP) is 1.70. The Morgan fingerprint density at radius 3 is 2.44 bits per heavy atom. The molecule has 3 heteroatoms. The molecule has 1 fully saturated rings. The molecular formula is C13H26O3. The Bertz CT molecular complexity index is 227. The van der Waals surface area contributed by atoms with Crippen molar-refractivity contribution in [3.8, 4) is 0 Å². The van der Waals surface area contributed by atoms with E-state index in [9.17, 15) is 15.3 Å². The van der Waals surface area contributed by atoms with Crippen LogP contribution in [0.1, 0.15) is 52.9 Å². The minimum atomic E-state index is -0.971. The van der Waals surface area contributed by atoms with Gasteiger partial charge in [-0.05, 0) is 12.8 Å². The zero-order valence-electron chi connectivity index (χ0n) is 10.7. The van der Waals surface area contributed by atoms with Gasteiger partial charge in [0.1, 0.15) is 0 Å². The molecule has 3 nitrogen and oxygen atoms in total. The highest BCUT2D eigenvalue weighted by Crippen LogP contribution is 2.45. The molecule has 0 aromatic heterocycles. The summed E-state index contributed by atoms with van der Waals surface area (Å²) in [5, 5.41) is 30.3. The van der Waals surface area contributed by atoms with Gasteiger partial charge >= 0.3 is 0 Å². The second-order valence-electron chi connectivity index (χ2n) is 5.84. The van der Waals surface area contributed by atoms with E-state index in [4.69, 9.17) is 0 Å². The SMILES string of the molecule is C[C@@H](CO)[C@]1(O)CCCCC[C@H](O)C1(C)C. The monoisotopic (exact) mass is 230 g/mol. The molecule has 1 rings (SSSR count). The highest BCUT2D eigenvalue weighted by molar-refractivity contribution is 5.01. The van der Waals surface area contributed by atoms with Crippen molar-refractivity contribution in [2.24, 2.45) is 11.3 Å².